The summed E-state index contributed by atoms with van der Waals surface area (Å²) in [5.74, 6) is 0.145. The number of hydrogen-bond acceptors (Lipinski definition) is 2. The van der Waals surface area contributed by atoms with Crippen LogP contribution in [0.15, 0.2) is 17.1 Å². The lowest BCUT2D eigenvalue weighted by Gasteiger charge is -2.07. The molecule has 0 aromatic carbocycles. The molecule has 0 atom stereocenters. The van der Waals surface area contributed by atoms with E-state index in [0.717, 1.165) is 12.8 Å². The Labute approximate surface area is 101 Å². The number of amides is 3. The molecule has 0 aliphatic carbocycles. The largest absolute Gasteiger partial charge is 0.344 e. The van der Waals surface area contributed by atoms with Gasteiger partial charge in [-0.25, -0.2) is 4.79 Å². The van der Waals surface area contributed by atoms with Crippen molar-refractivity contribution in [3.8, 4) is 0 Å². The first-order chi connectivity index (χ1) is 8.13. The van der Waals surface area contributed by atoms with Gasteiger partial charge < -0.3 is 10.2 Å². The summed E-state index contributed by atoms with van der Waals surface area (Å²) in [5, 5.41) is 5.12. The third kappa shape index (κ3) is 4.67. The average Bonchev–Trinajstić information content (AvgIpc) is 2.57. The normalized spacial score (nSPS) is 17.9. The molecule has 0 unspecified atom stereocenters. The van der Waals surface area contributed by atoms with Crippen molar-refractivity contribution in [2.75, 3.05) is 20.1 Å². The summed E-state index contributed by atoms with van der Waals surface area (Å²) >= 11 is 0. The molecule has 0 aromatic heterocycles. The first-order valence-corrected chi connectivity index (χ1v) is 5.66. The van der Waals surface area contributed by atoms with Crippen molar-refractivity contribution in [2.45, 2.75) is 19.8 Å². The zero-order valence-electron chi connectivity index (χ0n) is 10.2. The second-order valence-electron chi connectivity index (χ2n) is 3.79. The Kier molecular flexibility index (Phi) is 5.19. The summed E-state index contributed by atoms with van der Waals surface area (Å²) in [4.78, 5) is 27.7. The van der Waals surface area contributed by atoms with E-state index in [2.05, 4.69) is 22.5 Å². The molecule has 1 fully saturated rings. The van der Waals surface area contributed by atoms with Crippen LogP contribution in [0.5, 0.6) is 0 Å². The summed E-state index contributed by atoms with van der Waals surface area (Å²) in [6, 6.07) is -0.449. The van der Waals surface area contributed by atoms with Gasteiger partial charge in [-0.3, -0.25) is 10.1 Å². The highest BCUT2D eigenvalue weighted by molar-refractivity contribution is 6.07. The Hall–Kier alpha value is -1.85. The number of urea groups is 1. The smallest absolute Gasteiger partial charge is 0.336 e. The Balaban J connectivity index is 2.34. The first-order valence-electron chi connectivity index (χ1n) is 5.66. The molecule has 0 saturated carbocycles. The predicted octanol–water partition coefficient (Wildman–Crippen LogP) is 0.470. The quantitative estimate of drug-likeness (QED) is 0.699. The minimum absolute atomic E-state index is 0.151. The van der Waals surface area contributed by atoms with E-state index in [4.69, 9.17) is 0 Å². The Bertz CT molecular complexity index is 349. The van der Waals surface area contributed by atoms with Gasteiger partial charge in [-0.05, 0) is 6.42 Å². The fourth-order valence-electron chi connectivity index (χ4n) is 1.31. The van der Waals surface area contributed by atoms with Gasteiger partial charge in [0, 0.05) is 13.6 Å². The number of guanidine groups is 1. The van der Waals surface area contributed by atoms with Crippen LogP contribution in [0.2, 0.25) is 0 Å². The highest BCUT2D eigenvalue weighted by Crippen LogP contribution is 1.94. The number of carbonyl (C=O) groups excluding carboxylic acids is 2. The number of aliphatic imine (C=N–C) groups is 1. The molecular weight excluding hydrogens is 220 g/mol. The lowest BCUT2D eigenvalue weighted by atomic mass is 10.3. The van der Waals surface area contributed by atoms with E-state index in [1.807, 2.05) is 12.2 Å². The fraction of sp³-hybridized carbons (Fsp3) is 0.545. The van der Waals surface area contributed by atoms with E-state index in [-0.39, 0.29) is 12.5 Å². The van der Waals surface area contributed by atoms with Crippen LogP contribution >= 0.6 is 0 Å². The molecule has 94 valence electrons. The fourth-order valence-corrected chi connectivity index (χ4v) is 1.31. The van der Waals surface area contributed by atoms with Crippen LogP contribution in [-0.4, -0.2) is 42.9 Å². The molecule has 2 N–H and O–H groups in total. The van der Waals surface area contributed by atoms with Crippen LogP contribution in [0.3, 0.4) is 0 Å². The Morgan fingerprint density at radius 1 is 1.59 bits per heavy atom. The molecule has 1 rings (SSSR count). The van der Waals surface area contributed by atoms with E-state index >= 15 is 0 Å². The van der Waals surface area contributed by atoms with Crippen molar-refractivity contribution >= 4 is 17.9 Å². The second-order valence-corrected chi connectivity index (χ2v) is 3.79. The van der Waals surface area contributed by atoms with Crippen LogP contribution < -0.4 is 10.6 Å². The van der Waals surface area contributed by atoms with Gasteiger partial charge in [-0.15, -0.1) is 0 Å². The highest BCUT2D eigenvalue weighted by atomic mass is 16.2. The highest BCUT2D eigenvalue weighted by Gasteiger charge is 2.21. The summed E-state index contributed by atoms with van der Waals surface area (Å²) in [5.41, 5.74) is 0. The molecule has 6 nitrogen and oxygen atoms in total. The Morgan fingerprint density at radius 2 is 2.35 bits per heavy atom. The third-order valence-electron chi connectivity index (χ3n) is 2.19. The maximum absolute atomic E-state index is 11.4. The zero-order valence-corrected chi connectivity index (χ0v) is 10.2. The number of allylic oxidation sites excluding steroid dienone is 1. The van der Waals surface area contributed by atoms with Crippen molar-refractivity contribution in [2.24, 2.45) is 4.99 Å². The molecule has 0 spiro atoms. The third-order valence-corrected chi connectivity index (χ3v) is 2.19. The molecule has 0 aromatic rings. The predicted molar refractivity (Wildman–Crippen MR) is 65.7 cm³/mol. The van der Waals surface area contributed by atoms with Gasteiger partial charge in [0.15, 0.2) is 0 Å². The Morgan fingerprint density at radius 3 is 2.94 bits per heavy atom. The second kappa shape index (κ2) is 6.67. The van der Waals surface area contributed by atoms with Crippen LogP contribution in [0.4, 0.5) is 4.79 Å². The maximum atomic E-state index is 11.4. The van der Waals surface area contributed by atoms with E-state index in [1.54, 1.807) is 11.9 Å². The van der Waals surface area contributed by atoms with E-state index in [9.17, 15) is 9.59 Å². The summed E-state index contributed by atoms with van der Waals surface area (Å²) in [7, 11) is 1.70. The molecule has 3 amide bonds. The molecule has 1 aliphatic heterocycles. The van der Waals surface area contributed by atoms with Gasteiger partial charge in [-0.1, -0.05) is 25.5 Å². The van der Waals surface area contributed by atoms with Crippen LogP contribution in [-0.2, 0) is 4.79 Å². The molecular formula is C11H18N4O2. The number of nitrogens with zero attached hydrogens (tertiary/aromatic N) is 2. The zero-order chi connectivity index (χ0) is 12.7. The van der Waals surface area contributed by atoms with Crippen molar-refractivity contribution in [1.82, 2.24) is 15.5 Å². The number of nitrogens with one attached hydrogen (secondary N) is 2. The van der Waals surface area contributed by atoms with Gasteiger partial charge in [-0.2, -0.15) is 4.99 Å². The molecule has 0 bridgehead atoms. The van der Waals surface area contributed by atoms with Crippen LogP contribution in [0.25, 0.3) is 0 Å². The average molecular weight is 238 g/mol. The monoisotopic (exact) mass is 238 g/mol. The van der Waals surface area contributed by atoms with Crippen molar-refractivity contribution < 1.29 is 9.59 Å². The molecule has 1 heterocycles. The van der Waals surface area contributed by atoms with E-state index in [0.29, 0.717) is 12.5 Å². The van der Waals surface area contributed by atoms with Gasteiger partial charge in [0.05, 0.1) is 6.54 Å². The lowest BCUT2D eigenvalue weighted by molar-refractivity contribution is -0.118. The molecule has 0 radical (unpaired) electrons. The van der Waals surface area contributed by atoms with Gasteiger partial charge >= 0.3 is 6.03 Å². The van der Waals surface area contributed by atoms with Crippen molar-refractivity contribution in [1.29, 1.82) is 0 Å². The van der Waals surface area contributed by atoms with Crippen LogP contribution in [0, 0.1) is 0 Å². The van der Waals surface area contributed by atoms with Gasteiger partial charge in [0.25, 0.3) is 0 Å². The minimum Gasteiger partial charge on any atom is -0.336 e. The molecule has 6 heteroatoms. The lowest BCUT2D eigenvalue weighted by Crippen LogP contribution is -2.31. The first kappa shape index (κ1) is 13.2. The van der Waals surface area contributed by atoms with Crippen LogP contribution in [0.1, 0.15) is 19.8 Å². The molecule has 1 aliphatic rings. The van der Waals surface area contributed by atoms with Crippen molar-refractivity contribution in [3.05, 3.63) is 12.2 Å². The standard InChI is InChI=1S/C11H18N4O2/c1-3-4-5-6-7-12-11(17)14-10-13-9(16)8-15(10)2/h5-6H,3-4,7-8H2,1-2H3,(H2,12,13,14,16,17). The number of carbonyl (C=O) groups is 2. The number of likely N-dealkylation sites (N-methyl/N-ethyl adjacent to an activating group) is 1. The number of rotatable bonds is 4. The minimum atomic E-state index is -0.449. The van der Waals surface area contributed by atoms with Gasteiger partial charge in [0.2, 0.25) is 11.9 Å². The number of unbranched alkanes of at least 4 members (excludes halogenated alkanes) is 1. The SMILES string of the molecule is CCCC=CCNC(=O)N=C1NC(=O)CN1C. The number of hydrogen-bond donors (Lipinski definition) is 2. The summed E-state index contributed by atoms with van der Waals surface area (Å²) in [6.45, 7) is 2.78. The van der Waals surface area contributed by atoms with Gasteiger partial charge in [0.1, 0.15) is 0 Å². The topological polar surface area (TPSA) is 73.8 Å². The summed E-state index contributed by atoms with van der Waals surface area (Å²) < 4.78 is 0. The van der Waals surface area contributed by atoms with E-state index in [1.165, 1.54) is 0 Å². The van der Waals surface area contributed by atoms with E-state index < -0.39 is 6.03 Å². The maximum Gasteiger partial charge on any atom is 0.344 e. The molecule has 1 saturated heterocycles. The summed E-state index contributed by atoms with van der Waals surface area (Å²) in [6.07, 6.45) is 5.99. The van der Waals surface area contributed by atoms with Crippen molar-refractivity contribution in [3.63, 3.8) is 0 Å². The molecule has 17 heavy (non-hydrogen) atoms.